The zero-order valence-electron chi connectivity index (χ0n) is 23.9. The lowest BCUT2D eigenvalue weighted by Gasteiger charge is -2.18. The molecule has 0 bridgehead atoms. The number of aromatic nitrogens is 1. The van der Waals surface area contributed by atoms with Crippen molar-refractivity contribution in [3.8, 4) is 11.1 Å². The fourth-order valence-corrected chi connectivity index (χ4v) is 4.65. The summed E-state index contributed by atoms with van der Waals surface area (Å²) >= 11 is 0. The average molecular weight is 613 g/mol. The maximum atomic E-state index is 13.2. The fraction of sp³-hybridized carbons (Fsp3) is 0.118. The highest BCUT2D eigenvalue weighted by molar-refractivity contribution is 6.08. The van der Waals surface area contributed by atoms with Crippen molar-refractivity contribution >= 4 is 23.5 Å². The van der Waals surface area contributed by atoms with Crippen molar-refractivity contribution in [2.45, 2.75) is 25.7 Å². The van der Waals surface area contributed by atoms with E-state index in [0.717, 1.165) is 12.1 Å². The number of hydrogen-bond acceptors (Lipinski definition) is 5. The summed E-state index contributed by atoms with van der Waals surface area (Å²) < 4.78 is 44.2. The van der Waals surface area contributed by atoms with Gasteiger partial charge in [-0.05, 0) is 71.1 Å². The molecule has 2 heterocycles. The van der Waals surface area contributed by atoms with Gasteiger partial charge in [-0.3, -0.25) is 14.4 Å². The SMILES string of the molecule is Cc1cc(CNC(=O)[C@@H](NC(=O)c2ccco2)c2ccccc2)cnc1NC(=O)c1ccccc1-c1ccc(C(F)(F)F)cc1. The second-order valence-corrected chi connectivity index (χ2v) is 10.1. The van der Waals surface area contributed by atoms with Crippen molar-refractivity contribution in [1.29, 1.82) is 0 Å². The third-order valence-corrected chi connectivity index (χ3v) is 6.94. The van der Waals surface area contributed by atoms with Gasteiger partial charge in [-0.1, -0.05) is 60.7 Å². The number of nitrogens with zero attached hydrogens (tertiary/aromatic N) is 1. The molecule has 1 atom stereocenters. The lowest BCUT2D eigenvalue weighted by atomic mass is 9.98. The molecule has 5 rings (SSSR count). The van der Waals surface area contributed by atoms with Crippen molar-refractivity contribution in [2.75, 3.05) is 5.32 Å². The van der Waals surface area contributed by atoms with Gasteiger partial charge in [0.2, 0.25) is 5.91 Å². The highest BCUT2D eigenvalue weighted by Crippen LogP contribution is 2.32. The van der Waals surface area contributed by atoms with Gasteiger partial charge < -0.3 is 20.4 Å². The Morgan fingerprint density at radius 1 is 0.867 bits per heavy atom. The summed E-state index contributed by atoms with van der Waals surface area (Å²) in [5.74, 6) is -1.12. The van der Waals surface area contributed by atoms with Gasteiger partial charge in [0.05, 0.1) is 11.8 Å². The molecular formula is C34H27F3N4O4. The zero-order valence-corrected chi connectivity index (χ0v) is 23.9. The number of furan rings is 1. The standard InChI is InChI=1S/C34H27F3N4O4/c1-21-18-22(20-39-33(44)29(24-8-3-2-4-9-24)40-32(43)28-12-7-17-45-28)19-38-30(21)41-31(42)27-11-6-5-10-26(27)23-13-15-25(16-14-23)34(35,36)37/h2-19,29H,20H2,1H3,(H,39,44)(H,40,43)(H,38,41,42)/t29-/m0/s1. The molecule has 8 nitrogen and oxygen atoms in total. The maximum Gasteiger partial charge on any atom is 0.416 e. The van der Waals surface area contributed by atoms with Crippen LogP contribution in [0.15, 0.2) is 114 Å². The Balaban J connectivity index is 1.26. The molecule has 11 heteroatoms. The van der Waals surface area contributed by atoms with Gasteiger partial charge in [0.25, 0.3) is 11.8 Å². The van der Waals surface area contributed by atoms with Crippen LogP contribution >= 0.6 is 0 Å². The maximum absolute atomic E-state index is 13.2. The number of anilines is 1. The highest BCUT2D eigenvalue weighted by atomic mass is 19.4. The van der Waals surface area contributed by atoms with E-state index < -0.39 is 35.5 Å². The van der Waals surface area contributed by atoms with Crippen molar-refractivity contribution in [3.05, 3.63) is 143 Å². The van der Waals surface area contributed by atoms with E-state index in [9.17, 15) is 27.6 Å². The van der Waals surface area contributed by atoms with E-state index >= 15 is 0 Å². The zero-order chi connectivity index (χ0) is 32.0. The number of benzene rings is 3. The van der Waals surface area contributed by atoms with Gasteiger partial charge in [0, 0.05) is 18.3 Å². The van der Waals surface area contributed by atoms with Crippen molar-refractivity contribution in [1.82, 2.24) is 15.6 Å². The minimum absolute atomic E-state index is 0.0724. The number of amides is 3. The quantitative estimate of drug-likeness (QED) is 0.171. The van der Waals surface area contributed by atoms with Crippen molar-refractivity contribution in [2.24, 2.45) is 0 Å². The smallest absolute Gasteiger partial charge is 0.416 e. The van der Waals surface area contributed by atoms with Gasteiger partial charge in [-0.25, -0.2) is 4.98 Å². The topological polar surface area (TPSA) is 113 Å². The first-order chi connectivity index (χ1) is 21.6. The van der Waals surface area contributed by atoms with Gasteiger partial charge in [-0.2, -0.15) is 13.2 Å². The second-order valence-electron chi connectivity index (χ2n) is 10.1. The van der Waals surface area contributed by atoms with Crippen LogP contribution in [0.25, 0.3) is 11.1 Å². The second kappa shape index (κ2) is 13.3. The highest BCUT2D eigenvalue weighted by Gasteiger charge is 2.30. The van der Waals surface area contributed by atoms with Gasteiger partial charge in [0.15, 0.2) is 5.76 Å². The number of rotatable bonds is 9. The van der Waals surface area contributed by atoms with Crippen LogP contribution in [0.3, 0.4) is 0 Å². The fourth-order valence-electron chi connectivity index (χ4n) is 4.65. The summed E-state index contributed by atoms with van der Waals surface area (Å²) in [6.45, 7) is 1.84. The van der Waals surface area contributed by atoms with Crippen LogP contribution in [0.2, 0.25) is 0 Å². The van der Waals surface area contributed by atoms with E-state index in [1.165, 1.54) is 30.7 Å². The van der Waals surface area contributed by atoms with Crippen molar-refractivity contribution in [3.63, 3.8) is 0 Å². The third kappa shape index (κ3) is 7.45. The number of aryl methyl sites for hydroxylation is 1. The number of halogens is 3. The number of carbonyl (C=O) groups is 3. The molecule has 0 aliphatic heterocycles. The normalized spacial score (nSPS) is 11.8. The molecule has 0 saturated carbocycles. The van der Waals surface area contributed by atoms with Gasteiger partial charge in [0.1, 0.15) is 11.9 Å². The summed E-state index contributed by atoms with van der Waals surface area (Å²) in [5.41, 5.74) is 2.25. The van der Waals surface area contributed by atoms with Crippen LogP contribution in [0, 0.1) is 6.92 Å². The molecule has 45 heavy (non-hydrogen) atoms. The van der Waals surface area contributed by atoms with Crippen LogP contribution < -0.4 is 16.0 Å². The number of alkyl halides is 3. The van der Waals surface area contributed by atoms with E-state index in [1.54, 1.807) is 73.7 Å². The lowest BCUT2D eigenvalue weighted by Crippen LogP contribution is -2.40. The number of carbonyl (C=O) groups excluding carboxylic acids is 3. The molecule has 0 radical (unpaired) electrons. The van der Waals surface area contributed by atoms with Crippen LogP contribution in [0.4, 0.5) is 19.0 Å². The molecule has 0 unspecified atom stereocenters. The summed E-state index contributed by atoms with van der Waals surface area (Å²) in [7, 11) is 0. The van der Waals surface area contributed by atoms with Crippen LogP contribution in [0.5, 0.6) is 0 Å². The Kier molecular flexibility index (Phi) is 9.08. The number of hydrogen-bond donors (Lipinski definition) is 3. The number of nitrogens with one attached hydrogen (secondary N) is 3. The van der Waals surface area contributed by atoms with E-state index in [4.69, 9.17) is 4.42 Å². The van der Waals surface area contributed by atoms with Crippen LogP contribution in [-0.2, 0) is 17.5 Å². The van der Waals surface area contributed by atoms with E-state index in [0.29, 0.717) is 27.8 Å². The summed E-state index contributed by atoms with van der Waals surface area (Å²) in [5, 5.41) is 8.28. The Bertz CT molecular complexity index is 1810. The van der Waals surface area contributed by atoms with Gasteiger partial charge in [-0.15, -0.1) is 0 Å². The predicted octanol–water partition coefficient (Wildman–Crippen LogP) is 6.71. The molecule has 0 aliphatic carbocycles. The predicted molar refractivity (Wildman–Crippen MR) is 161 cm³/mol. The minimum atomic E-state index is -4.46. The lowest BCUT2D eigenvalue weighted by molar-refractivity contribution is -0.137. The average Bonchev–Trinajstić information content (AvgIpc) is 3.59. The van der Waals surface area contributed by atoms with Crippen LogP contribution in [0.1, 0.15) is 49.2 Å². The van der Waals surface area contributed by atoms with Gasteiger partial charge >= 0.3 is 6.18 Å². The molecule has 0 saturated heterocycles. The summed E-state index contributed by atoms with van der Waals surface area (Å²) in [4.78, 5) is 43.4. The van der Waals surface area contributed by atoms with E-state index in [1.807, 2.05) is 0 Å². The molecule has 0 spiro atoms. The van der Waals surface area contributed by atoms with Crippen LogP contribution in [-0.4, -0.2) is 22.7 Å². The van der Waals surface area contributed by atoms with E-state index in [-0.39, 0.29) is 23.7 Å². The molecule has 2 aromatic heterocycles. The van der Waals surface area contributed by atoms with E-state index in [2.05, 4.69) is 20.9 Å². The first kappa shape index (κ1) is 30.7. The number of pyridine rings is 1. The third-order valence-electron chi connectivity index (χ3n) is 6.94. The Morgan fingerprint density at radius 2 is 1.58 bits per heavy atom. The first-order valence-corrected chi connectivity index (χ1v) is 13.8. The molecule has 0 fully saturated rings. The van der Waals surface area contributed by atoms with Crippen molar-refractivity contribution < 1.29 is 32.0 Å². The molecule has 5 aromatic rings. The Hall–Kier alpha value is -5.71. The molecule has 3 N–H and O–H groups in total. The molecule has 3 amide bonds. The monoisotopic (exact) mass is 612 g/mol. The minimum Gasteiger partial charge on any atom is -0.459 e. The largest absolute Gasteiger partial charge is 0.459 e. The molecular weight excluding hydrogens is 585 g/mol. The Labute approximate surface area is 256 Å². The Morgan fingerprint density at radius 3 is 2.24 bits per heavy atom. The summed E-state index contributed by atoms with van der Waals surface area (Å²) in [6.07, 6.45) is -1.59. The molecule has 3 aromatic carbocycles. The summed E-state index contributed by atoms with van der Waals surface area (Å²) in [6, 6.07) is 23.8. The first-order valence-electron chi connectivity index (χ1n) is 13.8. The molecule has 228 valence electrons. The molecule has 0 aliphatic rings.